The Hall–Kier alpha value is -2.29. The largest absolute Gasteiger partial charge is 0.394 e. The molecule has 1 aliphatic rings. The molecule has 2 aromatic rings. The Morgan fingerprint density at radius 3 is 2.67 bits per heavy atom. The van der Waals surface area contributed by atoms with Crippen LogP contribution in [0.5, 0.6) is 0 Å². The monoisotopic (exact) mass is 333 g/mol. The Kier molecular flexibility index (Phi) is 4.61. The summed E-state index contributed by atoms with van der Waals surface area (Å²) in [6.07, 6.45) is 2.50. The average molecular weight is 333 g/mol. The molecule has 1 saturated heterocycles. The van der Waals surface area contributed by atoms with E-state index >= 15 is 0 Å². The van der Waals surface area contributed by atoms with Crippen molar-refractivity contribution in [3.63, 3.8) is 0 Å². The first kappa shape index (κ1) is 16.6. The van der Waals surface area contributed by atoms with Crippen LogP contribution in [0.3, 0.4) is 0 Å². The van der Waals surface area contributed by atoms with Gasteiger partial charge in [-0.2, -0.15) is 0 Å². The minimum Gasteiger partial charge on any atom is -0.394 e. The van der Waals surface area contributed by atoms with Gasteiger partial charge < -0.3 is 14.9 Å². The molecule has 3 rings (SSSR count). The van der Waals surface area contributed by atoms with E-state index in [9.17, 15) is 19.8 Å². The molecule has 8 nitrogen and oxygen atoms in total. The molecule has 0 aliphatic carbocycles. The number of aryl methyl sites for hydroxylation is 1. The number of hydrogen-bond acceptors (Lipinski definition) is 6. The summed E-state index contributed by atoms with van der Waals surface area (Å²) in [5.74, 6) is 0. The van der Waals surface area contributed by atoms with Crippen LogP contribution in [0.2, 0.25) is 0 Å². The topological polar surface area (TPSA) is 107 Å². The summed E-state index contributed by atoms with van der Waals surface area (Å²) in [6, 6.07) is 3.46. The third-order valence-electron chi connectivity index (χ3n) is 4.15. The number of hydrogen-bond donors (Lipinski definition) is 2. The zero-order valence-electron chi connectivity index (χ0n) is 13.2. The first-order chi connectivity index (χ1) is 11.5. The number of pyridine rings is 1. The number of aliphatic hydroxyl groups excluding tert-OH is 2. The molecule has 24 heavy (non-hydrogen) atoms. The van der Waals surface area contributed by atoms with E-state index in [1.54, 1.807) is 31.5 Å². The number of aromatic nitrogens is 3. The lowest BCUT2D eigenvalue weighted by Gasteiger charge is -2.17. The Balaban J connectivity index is 2.01. The van der Waals surface area contributed by atoms with Crippen molar-refractivity contribution in [3.8, 4) is 0 Å². The van der Waals surface area contributed by atoms with Crippen molar-refractivity contribution in [1.29, 1.82) is 0 Å². The van der Waals surface area contributed by atoms with Gasteiger partial charge in [0.25, 0.3) is 5.56 Å². The fraction of sp³-hybridized carbons (Fsp3) is 0.438. The van der Waals surface area contributed by atoms with Gasteiger partial charge in [0.1, 0.15) is 12.3 Å². The van der Waals surface area contributed by atoms with E-state index in [1.165, 1.54) is 10.8 Å². The molecule has 128 valence electrons. The van der Waals surface area contributed by atoms with Gasteiger partial charge in [-0.3, -0.25) is 18.9 Å². The maximum atomic E-state index is 12.7. The van der Waals surface area contributed by atoms with E-state index in [0.717, 1.165) is 10.1 Å². The van der Waals surface area contributed by atoms with Crippen molar-refractivity contribution in [2.75, 3.05) is 6.61 Å². The van der Waals surface area contributed by atoms with Gasteiger partial charge >= 0.3 is 5.69 Å². The van der Waals surface area contributed by atoms with E-state index in [2.05, 4.69) is 4.98 Å². The summed E-state index contributed by atoms with van der Waals surface area (Å²) in [5.41, 5.74) is 0.291. The molecular formula is C16H19N3O5. The van der Waals surface area contributed by atoms with Gasteiger partial charge in [0.2, 0.25) is 0 Å². The SMILES string of the molecule is Cc1cn([C@H]2C[C@H](O)[C@@H](CO)O2)c(=O)n(Cc2ccncc2)c1=O. The van der Waals surface area contributed by atoms with Crippen LogP contribution in [0.1, 0.15) is 23.8 Å². The molecule has 0 spiro atoms. The Morgan fingerprint density at radius 2 is 2.04 bits per heavy atom. The van der Waals surface area contributed by atoms with Crippen LogP contribution in [-0.2, 0) is 11.3 Å². The third kappa shape index (κ3) is 3.03. The van der Waals surface area contributed by atoms with E-state index in [-0.39, 0.29) is 25.1 Å². The summed E-state index contributed by atoms with van der Waals surface area (Å²) in [4.78, 5) is 29.0. The molecule has 8 heteroatoms. The van der Waals surface area contributed by atoms with Crippen LogP contribution in [0.4, 0.5) is 0 Å². The maximum Gasteiger partial charge on any atom is 0.333 e. The minimum atomic E-state index is -0.854. The summed E-state index contributed by atoms with van der Waals surface area (Å²) < 4.78 is 7.96. The van der Waals surface area contributed by atoms with Crippen molar-refractivity contribution >= 4 is 0 Å². The van der Waals surface area contributed by atoms with Crippen LogP contribution in [0.15, 0.2) is 40.3 Å². The van der Waals surface area contributed by atoms with Gasteiger partial charge in [0, 0.05) is 30.6 Å². The molecule has 0 amide bonds. The number of aliphatic hydroxyl groups is 2. The predicted octanol–water partition coefficient (Wildman–Crippen LogP) is -0.598. The summed E-state index contributed by atoms with van der Waals surface area (Å²) in [6.45, 7) is 1.42. The molecule has 0 radical (unpaired) electrons. The van der Waals surface area contributed by atoms with Gasteiger partial charge in [-0.25, -0.2) is 4.79 Å². The third-order valence-corrected chi connectivity index (χ3v) is 4.15. The fourth-order valence-corrected chi connectivity index (χ4v) is 2.82. The minimum absolute atomic E-state index is 0.126. The highest BCUT2D eigenvalue weighted by Crippen LogP contribution is 2.27. The summed E-state index contributed by atoms with van der Waals surface area (Å²) in [5, 5.41) is 19.0. The van der Waals surface area contributed by atoms with Crippen molar-refractivity contribution < 1.29 is 14.9 Å². The van der Waals surface area contributed by atoms with Gasteiger partial charge in [-0.05, 0) is 24.6 Å². The molecule has 3 heterocycles. The lowest BCUT2D eigenvalue weighted by Crippen LogP contribution is -2.42. The Bertz CT molecular complexity index is 830. The molecule has 1 aliphatic heterocycles. The average Bonchev–Trinajstić information content (AvgIpc) is 2.96. The lowest BCUT2D eigenvalue weighted by atomic mass is 10.2. The second-order valence-electron chi connectivity index (χ2n) is 5.86. The van der Waals surface area contributed by atoms with E-state index in [0.29, 0.717) is 5.56 Å². The fourth-order valence-electron chi connectivity index (χ4n) is 2.82. The van der Waals surface area contributed by atoms with Crippen LogP contribution in [-0.4, -0.2) is 43.1 Å². The molecule has 3 atom stereocenters. The lowest BCUT2D eigenvalue weighted by molar-refractivity contribution is -0.0463. The number of ether oxygens (including phenoxy) is 1. The van der Waals surface area contributed by atoms with Crippen molar-refractivity contribution in [3.05, 3.63) is 62.7 Å². The molecule has 0 unspecified atom stereocenters. The molecular weight excluding hydrogens is 314 g/mol. The zero-order valence-corrected chi connectivity index (χ0v) is 13.2. The smallest absolute Gasteiger partial charge is 0.333 e. The highest BCUT2D eigenvalue weighted by Gasteiger charge is 2.35. The van der Waals surface area contributed by atoms with E-state index < -0.39 is 24.1 Å². The quantitative estimate of drug-likeness (QED) is 0.774. The van der Waals surface area contributed by atoms with Crippen LogP contribution >= 0.6 is 0 Å². The van der Waals surface area contributed by atoms with E-state index in [4.69, 9.17) is 4.74 Å². The van der Waals surface area contributed by atoms with Gasteiger partial charge in [0.05, 0.1) is 19.3 Å². The van der Waals surface area contributed by atoms with Gasteiger partial charge in [-0.15, -0.1) is 0 Å². The molecule has 0 bridgehead atoms. The zero-order chi connectivity index (χ0) is 17.3. The molecule has 2 aromatic heterocycles. The van der Waals surface area contributed by atoms with Gasteiger partial charge in [0.15, 0.2) is 0 Å². The highest BCUT2D eigenvalue weighted by atomic mass is 16.5. The van der Waals surface area contributed by atoms with Gasteiger partial charge in [-0.1, -0.05) is 0 Å². The molecule has 0 saturated carbocycles. The summed E-state index contributed by atoms with van der Waals surface area (Å²) in [7, 11) is 0. The number of nitrogens with zero attached hydrogens (tertiary/aromatic N) is 3. The van der Waals surface area contributed by atoms with Crippen molar-refractivity contribution in [2.45, 2.75) is 38.3 Å². The molecule has 0 aromatic carbocycles. The standard InChI is InChI=1S/C16H19N3O5/c1-10-7-18(14-6-12(21)13(9-20)24-14)16(23)19(15(10)22)8-11-2-4-17-5-3-11/h2-5,7,12-14,20-21H,6,8-9H2,1H3/t12-,13+,14+/m0/s1. The summed E-state index contributed by atoms with van der Waals surface area (Å²) >= 11 is 0. The van der Waals surface area contributed by atoms with Crippen molar-refractivity contribution in [2.24, 2.45) is 0 Å². The van der Waals surface area contributed by atoms with Crippen LogP contribution in [0, 0.1) is 6.92 Å². The van der Waals surface area contributed by atoms with Crippen LogP contribution < -0.4 is 11.2 Å². The van der Waals surface area contributed by atoms with Crippen LogP contribution in [0.25, 0.3) is 0 Å². The predicted molar refractivity (Wildman–Crippen MR) is 84.7 cm³/mol. The number of rotatable bonds is 4. The molecule has 2 N–H and O–H groups in total. The highest BCUT2D eigenvalue weighted by molar-refractivity contribution is 5.12. The Morgan fingerprint density at radius 1 is 1.33 bits per heavy atom. The first-order valence-electron chi connectivity index (χ1n) is 7.67. The van der Waals surface area contributed by atoms with E-state index in [1.807, 2.05) is 0 Å². The maximum absolute atomic E-state index is 12.7. The second kappa shape index (κ2) is 6.68. The first-order valence-corrected chi connectivity index (χ1v) is 7.67. The second-order valence-corrected chi connectivity index (χ2v) is 5.86. The van der Waals surface area contributed by atoms with Crippen molar-refractivity contribution in [1.82, 2.24) is 14.1 Å². The Labute approximate surface area is 137 Å². The molecule has 1 fully saturated rings. The normalized spacial score (nSPS) is 23.5.